The molecule has 3 atom stereocenters. The fourth-order valence-electron chi connectivity index (χ4n) is 5.91. The van der Waals surface area contributed by atoms with Gasteiger partial charge in [0.1, 0.15) is 18.2 Å². The molecule has 40 heavy (non-hydrogen) atoms. The van der Waals surface area contributed by atoms with Crippen LogP contribution in [0.3, 0.4) is 0 Å². The molecule has 3 aromatic carbocycles. The molecule has 0 aliphatic carbocycles. The van der Waals surface area contributed by atoms with Gasteiger partial charge in [0.05, 0.1) is 12.5 Å². The first-order valence-corrected chi connectivity index (χ1v) is 13.8. The van der Waals surface area contributed by atoms with Gasteiger partial charge in [-0.15, -0.1) is 0 Å². The molecule has 0 N–H and O–H groups in total. The first-order valence-electron chi connectivity index (χ1n) is 13.8. The summed E-state index contributed by atoms with van der Waals surface area (Å²) in [7, 11) is 1.62. The third-order valence-electron chi connectivity index (χ3n) is 7.78. The van der Waals surface area contributed by atoms with E-state index in [1.54, 1.807) is 7.11 Å². The molecule has 0 spiro atoms. The maximum Gasteiger partial charge on any atom is 0.417 e. The van der Waals surface area contributed by atoms with E-state index in [2.05, 4.69) is 17.0 Å². The van der Waals surface area contributed by atoms with Gasteiger partial charge in [-0.2, -0.15) is 0 Å². The average molecular weight is 543 g/mol. The zero-order valence-corrected chi connectivity index (χ0v) is 23.9. The number of likely N-dealkylation sites (tertiary alicyclic amines) is 1. The number of hydrogen-bond donors (Lipinski definition) is 0. The Hall–Kier alpha value is -3.84. The van der Waals surface area contributed by atoms with Crippen molar-refractivity contribution in [3.8, 4) is 11.5 Å². The van der Waals surface area contributed by atoms with Crippen LogP contribution < -0.4 is 9.47 Å². The number of carbonyl (C=O) groups excluding carboxylic acids is 2. The Labute approximate surface area is 236 Å². The molecule has 0 radical (unpaired) electrons. The number of amides is 2. The second-order valence-corrected chi connectivity index (χ2v) is 11.9. The lowest BCUT2D eigenvalue weighted by Crippen LogP contribution is -2.47. The first kappa shape index (κ1) is 27.7. The molecule has 2 amide bonds. The molecule has 5 rings (SSSR count). The lowest BCUT2D eigenvalue weighted by Gasteiger charge is -2.34. The van der Waals surface area contributed by atoms with Crippen LogP contribution in [0.15, 0.2) is 78.9 Å². The number of cyclic esters (lactones) is 1. The van der Waals surface area contributed by atoms with Crippen LogP contribution in [0.1, 0.15) is 56.3 Å². The van der Waals surface area contributed by atoms with Gasteiger partial charge in [0.2, 0.25) is 5.91 Å². The van der Waals surface area contributed by atoms with Crippen LogP contribution in [0.2, 0.25) is 0 Å². The van der Waals surface area contributed by atoms with E-state index in [1.165, 1.54) is 10.5 Å². The van der Waals surface area contributed by atoms with Gasteiger partial charge >= 0.3 is 6.09 Å². The van der Waals surface area contributed by atoms with Crippen molar-refractivity contribution < 1.29 is 23.8 Å². The number of rotatable bonds is 7. The number of ether oxygens (including phenoxy) is 3. The van der Waals surface area contributed by atoms with Crippen molar-refractivity contribution in [3.63, 3.8) is 0 Å². The molecular formula is C33H38N2O5. The third kappa shape index (κ3) is 5.56. The van der Waals surface area contributed by atoms with E-state index in [4.69, 9.17) is 14.2 Å². The summed E-state index contributed by atoms with van der Waals surface area (Å²) in [5.74, 6) is 0.852. The van der Waals surface area contributed by atoms with Crippen LogP contribution in [-0.4, -0.2) is 54.2 Å². The van der Waals surface area contributed by atoms with Gasteiger partial charge in [-0.25, -0.2) is 9.69 Å². The molecular weight excluding hydrogens is 504 g/mol. The number of benzene rings is 3. The van der Waals surface area contributed by atoms with Crippen molar-refractivity contribution >= 4 is 12.0 Å². The molecule has 3 aromatic rings. The zero-order chi connectivity index (χ0) is 28.5. The highest BCUT2D eigenvalue weighted by Gasteiger charge is 2.54. The second kappa shape index (κ2) is 11.0. The lowest BCUT2D eigenvalue weighted by atomic mass is 9.74. The minimum atomic E-state index is -0.890. The standard InChI is InChI=1S/C33H38N2O5/c1-32(2,3)40-29-18-25(16-17-28(29)38-5)26-20-34(19-23-12-8-6-9-13-23)22-33(26,4)30(36)35-27(21-39-31(35)37)24-14-10-7-11-15-24/h6-18,26-27H,19-22H2,1-5H3. The topological polar surface area (TPSA) is 68.3 Å². The fourth-order valence-corrected chi connectivity index (χ4v) is 5.91. The SMILES string of the molecule is COc1ccc(C2CN(Cc3ccccc3)CC2(C)C(=O)N2C(=O)OCC2c2ccccc2)cc1OC(C)(C)C. The molecule has 0 saturated carbocycles. The Bertz CT molecular complexity index is 1350. The zero-order valence-electron chi connectivity index (χ0n) is 23.9. The third-order valence-corrected chi connectivity index (χ3v) is 7.78. The van der Waals surface area contributed by atoms with Crippen molar-refractivity contribution in [1.29, 1.82) is 0 Å². The summed E-state index contributed by atoms with van der Waals surface area (Å²) >= 11 is 0. The highest BCUT2D eigenvalue weighted by atomic mass is 16.6. The van der Waals surface area contributed by atoms with E-state index in [1.807, 2.05) is 94.4 Å². The Morgan fingerprint density at radius 1 is 0.975 bits per heavy atom. The van der Waals surface area contributed by atoms with Crippen LogP contribution in [0, 0.1) is 5.41 Å². The van der Waals surface area contributed by atoms with Crippen molar-refractivity contribution in [2.45, 2.75) is 51.8 Å². The van der Waals surface area contributed by atoms with E-state index in [0.29, 0.717) is 31.1 Å². The molecule has 210 valence electrons. The van der Waals surface area contributed by atoms with E-state index in [9.17, 15) is 9.59 Å². The van der Waals surface area contributed by atoms with Crippen LogP contribution in [0.25, 0.3) is 0 Å². The molecule has 7 heteroatoms. The summed E-state index contributed by atoms with van der Waals surface area (Å²) in [6, 6.07) is 25.3. The summed E-state index contributed by atoms with van der Waals surface area (Å²) in [4.78, 5) is 31.2. The minimum absolute atomic E-state index is 0.148. The van der Waals surface area contributed by atoms with Gasteiger partial charge in [-0.05, 0) is 56.5 Å². The monoisotopic (exact) mass is 542 g/mol. The van der Waals surface area contributed by atoms with Crippen LogP contribution >= 0.6 is 0 Å². The van der Waals surface area contributed by atoms with Gasteiger partial charge in [-0.3, -0.25) is 9.69 Å². The Morgan fingerprint density at radius 2 is 1.65 bits per heavy atom. The second-order valence-electron chi connectivity index (χ2n) is 11.9. The fraction of sp³-hybridized carbons (Fsp3) is 0.394. The van der Waals surface area contributed by atoms with Gasteiger partial charge in [0, 0.05) is 25.6 Å². The van der Waals surface area contributed by atoms with Gasteiger partial charge in [0.25, 0.3) is 0 Å². The Kier molecular flexibility index (Phi) is 7.60. The Balaban J connectivity index is 1.54. The number of nitrogens with zero attached hydrogens (tertiary/aromatic N) is 2. The molecule has 0 aromatic heterocycles. The molecule has 2 aliphatic heterocycles. The Morgan fingerprint density at radius 3 is 2.30 bits per heavy atom. The quantitative estimate of drug-likeness (QED) is 0.354. The average Bonchev–Trinajstić information content (AvgIpc) is 3.48. The van der Waals surface area contributed by atoms with E-state index in [0.717, 1.165) is 11.1 Å². The summed E-state index contributed by atoms with van der Waals surface area (Å²) < 4.78 is 17.3. The maximum absolute atomic E-state index is 14.5. The molecule has 3 unspecified atom stereocenters. The molecule has 2 fully saturated rings. The van der Waals surface area contributed by atoms with Crippen molar-refractivity contribution in [2.24, 2.45) is 5.41 Å². The largest absolute Gasteiger partial charge is 0.493 e. The van der Waals surface area contributed by atoms with Crippen LogP contribution in [0.4, 0.5) is 4.79 Å². The van der Waals surface area contributed by atoms with E-state index in [-0.39, 0.29) is 18.4 Å². The lowest BCUT2D eigenvalue weighted by molar-refractivity contribution is -0.139. The van der Waals surface area contributed by atoms with Gasteiger partial charge in [0.15, 0.2) is 11.5 Å². The van der Waals surface area contributed by atoms with Crippen molar-refractivity contribution in [1.82, 2.24) is 9.80 Å². The minimum Gasteiger partial charge on any atom is -0.493 e. The van der Waals surface area contributed by atoms with Crippen molar-refractivity contribution in [2.75, 3.05) is 26.8 Å². The molecule has 0 bridgehead atoms. The predicted octanol–water partition coefficient (Wildman–Crippen LogP) is 6.20. The van der Waals surface area contributed by atoms with E-state index < -0.39 is 23.2 Å². The predicted molar refractivity (Wildman–Crippen MR) is 153 cm³/mol. The molecule has 2 aliphatic rings. The number of hydrogen-bond acceptors (Lipinski definition) is 6. The van der Waals surface area contributed by atoms with Crippen molar-refractivity contribution in [3.05, 3.63) is 95.6 Å². The normalized spacial score (nSPS) is 23.2. The maximum atomic E-state index is 14.5. The van der Waals surface area contributed by atoms with Crippen LogP contribution in [0.5, 0.6) is 11.5 Å². The molecule has 2 saturated heterocycles. The number of methoxy groups -OCH3 is 1. The van der Waals surface area contributed by atoms with E-state index >= 15 is 0 Å². The highest BCUT2D eigenvalue weighted by molar-refractivity contribution is 5.97. The van der Waals surface area contributed by atoms with Gasteiger partial charge in [-0.1, -0.05) is 66.7 Å². The van der Waals surface area contributed by atoms with Crippen LogP contribution in [-0.2, 0) is 16.1 Å². The first-order chi connectivity index (χ1) is 19.1. The highest BCUT2D eigenvalue weighted by Crippen LogP contribution is 2.48. The smallest absolute Gasteiger partial charge is 0.417 e. The molecule has 7 nitrogen and oxygen atoms in total. The number of carbonyl (C=O) groups is 2. The summed E-state index contributed by atoms with van der Waals surface area (Å²) in [5, 5.41) is 0. The summed E-state index contributed by atoms with van der Waals surface area (Å²) in [6.07, 6.45) is -0.591. The van der Waals surface area contributed by atoms with Gasteiger partial charge < -0.3 is 14.2 Å². The molecule has 2 heterocycles. The number of imide groups is 1. The summed E-state index contributed by atoms with van der Waals surface area (Å²) in [5.41, 5.74) is 1.70. The summed E-state index contributed by atoms with van der Waals surface area (Å²) in [6.45, 7) is 9.96.